The number of rotatable bonds is 4. The van der Waals surface area contributed by atoms with Crippen LogP contribution in [0.25, 0.3) is 0 Å². The number of hydrogen-bond donors (Lipinski definition) is 1. The summed E-state index contributed by atoms with van der Waals surface area (Å²) in [5.74, 6) is -3.33. The Labute approximate surface area is 204 Å². The number of methoxy groups -OCH3 is 1. The molecule has 3 aliphatic rings. The molecule has 3 aliphatic heterocycles. The molecule has 35 heavy (non-hydrogen) atoms. The second-order valence-electron chi connectivity index (χ2n) is 8.74. The number of hydrogen-bond acceptors (Lipinski definition) is 5. The normalized spacial score (nSPS) is 22.8. The minimum absolute atomic E-state index is 0.0466. The number of carbonyl (C=O) groups is 2. The average molecular weight is 506 g/mol. The summed E-state index contributed by atoms with van der Waals surface area (Å²) in [5.41, 5.74) is -1.63. The van der Waals surface area contributed by atoms with Gasteiger partial charge < -0.3 is 24.3 Å². The summed E-state index contributed by atoms with van der Waals surface area (Å²) in [7, 11) is 1.26. The zero-order valence-electron chi connectivity index (χ0n) is 18.8. The summed E-state index contributed by atoms with van der Waals surface area (Å²) in [5, 5.41) is 1.79. The van der Waals surface area contributed by atoms with E-state index in [1.165, 1.54) is 13.3 Å². The van der Waals surface area contributed by atoms with Crippen LogP contribution in [-0.2, 0) is 11.3 Å². The van der Waals surface area contributed by atoms with Gasteiger partial charge in [-0.15, -0.1) is 0 Å². The van der Waals surface area contributed by atoms with Crippen molar-refractivity contribution in [3.63, 3.8) is 0 Å². The molecule has 0 bridgehead atoms. The van der Waals surface area contributed by atoms with Crippen LogP contribution in [0.5, 0.6) is 5.75 Å². The first-order valence-electron chi connectivity index (χ1n) is 11.1. The fourth-order valence-corrected chi connectivity index (χ4v) is 5.37. The van der Waals surface area contributed by atoms with Crippen LogP contribution >= 0.6 is 11.6 Å². The van der Waals surface area contributed by atoms with Gasteiger partial charge in [0.15, 0.2) is 11.4 Å². The van der Waals surface area contributed by atoms with Crippen molar-refractivity contribution in [3.8, 4) is 5.75 Å². The highest BCUT2D eigenvalue weighted by atomic mass is 35.5. The number of benzene rings is 1. The smallest absolute Gasteiger partial charge is 0.275 e. The molecule has 184 valence electrons. The first kappa shape index (κ1) is 23.5. The van der Waals surface area contributed by atoms with E-state index in [2.05, 4.69) is 5.32 Å². The fourth-order valence-electron chi connectivity index (χ4n) is 5.18. The van der Waals surface area contributed by atoms with E-state index in [9.17, 15) is 23.2 Å². The molecule has 0 saturated carbocycles. The molecule has 0 unspecified atom stereocenters. The van der Waals surface area contributed by atoms with Crippen molar-refractivity contribution in [1.29, 1.82) is 0 Å². The number of aromatic nitrogens is 1. The Morgan fingerprint density at radius 3 is 2.89 bits per heavy atom. The average Bonchev–Trinajstić information content (AvgIpc) is 3.15. The maximum absolute atomic E-state index is 14.2. The van der Waals surface area contributed by atoms with Gasteiger partial charge in [0.05, 0.1) is 31.9 Å². The van der Waals surface area contributed by atoms with Gasteiger partial charge in [-0.3, -0.25) is 14.4 Å². The Morgan fingerprint density at radius 1 is 1.31 bits per heavy atom. The van der Waals surface area contributed by atoms with Crippen molar-refractivity contribution < 1.29 is 27.8 Å². The Hall–Kier alpha value is -3.24. The van der Waals surface area contributed by atoms with E-state index in [-0.39, 0.29) is 41.1 Å². The number of fused-ring (bicyclic) bond motifs is 2. The Balaban J connectivity index is 1.55. The van der Waals surface area contributed by atoms with Crippen LogP contribution in [0.4, 0.5) is 8.78 Å². The van der Waals surface area contributed by atoms with E-state index in [0.29, 0.717) is 26.2 Å². The van der Waals surface area contributed by atoms with Gasteiger partial charge in [-0.2, -0.15) is 0 Å². The predicted octanol–water partition coefficient (Wildman–Crippen LogP) is 2.83. The van der Waals surface area contributed by atoms with Crippen LogP contribution < -0.4 is 15.5 Å². The minimum Gasteiger partial charge on any atom is -0.491 e. The molecule has 4 heterocycles. The van der Waals surface area contributed by atoms with Crippen LogP contribution in [0.1, 0.15) is 45.3 Å². The molecule has 5 rings (SSSR count). The van der Waals surface area contributed by atoms with Crippen LogP contribution in [0.3, 0.4) is 0 Å². The molecule has 1 N–H and O–H groups in total. The number of nitrogens with zero attached hydrogens (tertiary/aromatic N) is 2. The molecule has 2 amide bonds. The zero-order chi connectivity index (χ0) is 24.9. The molecular weight excluding hydrogens is 484 g/mol. The van der Waals surface area contributed by atoms with Gasteiger partial charge >= 0.3 is 0 Å². The summed E-state index contributed by atoms with van der Waals surface area (Å²) < 4.78 is 40.4. The summed E-state index contributed by atoms with van der Waals surface area (Å²) in [6, 6.07) is 1.82. The standard InChI is InChI=1S/C24H22ClF2N3O5/c1-34-21-19-23(33)30-8-4-2-3-7-24(30)12-35-11-16(24)29(19)10-14(20(21)31)22(32)28-9-13-5-6-15(26)17(25)18(13)27/h2,4-6,10,16H,3,7-9,11-12H2,1H3,(H,28,32)/t16-,24+/m0/s1. The monoisotopic (exact) mass is 505 g/mol. The lowest BCUT2D eigenvalue weighted by Crippen LogP contribution is -2.61. The highest BCUT2D eigenvalue weighted by Gasteiger charge is 2.56. The maximum atomic E-state index is 14.2. The first-order chi connectivity index (χ1) is 16.8. The third-order valence-electron chi connectivity index (χ3n) is 6.96. The van der Waals surface area contributed by atoms with Crippen molar-refractivity contribution in [2.24, 2.45) is 0 Å². The molecule has 2 atom stereocenters. The highest BCUT2D eigenvalue weighted by Crippen LogP contribution is 2.46. The van der Waals surface area contributed by atoms with Gasteiger partial charge in [0.2, 0.25) is 5.43 Å². The van der Waals surface area contributed by atoms with Gasteiger partial charge in [0, 0.05) is 24.8 Å². The largest absolute Gasteiger partial charge is 0.491 e. The Morgan fingerprint density at radius 2 is 2.11 bits per heavy atom. The topological polar surface area (TPSA) is 89.9 Å². The summed E-state index contributed by atoms with van der Waals surface area (Å²) in [6.45, 7) is 0.682. The van der Waals surface area contributed by atoms with Crippen molar-refractivity contribution in [2.75, 3.05) is 26.9 Å². The third-order valence-corrected chi connectivity index (χ3v) is 7.31. The van der Waals surface area contributed by atoms with Crippen molar-refractivity contribution >= 4 is 23.4 Å². The number of pyridine rings is 1. The fraction of sp³-hybridized carbons (Fsp3) is 0.375. The van der Waals surface area contributed by atoms with E-state index in [4.69, 9.17) is 21.1 Å². The summed E-state index contributed by atoms with van der Waals surface area (Å²) >= 11 is 5.61. The first-order valence-corrected chi connectivity index (χ1v) is 11.5. The lowest BCUT2D eigenvalue weighted by molar-refractivity contribution is 0.0248. The lowest BCUT2D eigenvalue weighted by Gasteiger charge is -2.48. The second kappa shape index (κ2) is 8.76. The molecule has 1 aromatic carbocycles. The molecule has 8 nitrogen and oxygen atoms in total. The molecule has 0 radical (unpaired) electrons. The number of allylic oxidation sites excluding steroid dienone is 1. The highest BCUT2D eigenvalue weighted by molar-refractivity contribution is 6.30. The number of ether oxygens (including phenoxy) is 2. The number of carbonyl (C=O) groups excluding carboxylic acids is 2. The quantitative estimate of drug-likeness (QED) is 0.510. The van der Waals surface area contributed by atoms with E-state index in [1.807, 2.05) is 12.2 Å². The van der Waals surface area contributed by atoms with Gasteiger partial charge in [-0.1, -0.05) is 29.8 Å². The van der Waals surface area contributed by atoms with Crippen LogP contribution in [0.15, 0.2) is 35.3 Å². The van der Waals surface area contributed by atoms with Crippen LogP contribution in [0.2, 0.25) is 5.02 Å². The molecule has 1 aromatic heterocycles. The number of amides is 2. The van der Waals surface area contributed by atoms with Crippen molar-refractivity contribution in [1.82, 2.24) is 14.8 Å². The Bertz CT molecular complexity index is 1330. The SMILES string of the molecule is COc1c2n(cc(C(=O)NCc3ccc(F)c(Cl)c3F)c1=O)[C@H]1COC[C@]13CCC=CCN3C2=O. The second-order valence-corrected chi connectivity index (χ2v) is 9.12. The van der Waals surface area contributed by atoms with E-state index >= 15 is 0 Å². The van der Waals surface area contributed by atoms with Crippen molar-refractivity contribution in [2.45, 2.75) is 31.0 Å². The van der Waals surface area contributed by atoms with Gasteiger partial charge in [0.1, 0.15) is 22.2 Å². The zero-order valence-corrected chi connectivity index (χ0v) is 19.5. The summed E-state index contributed by atoms with van der Waals surface area (Å²) in [4.78, 5) is 41.5. The number of halogens is 3. The van der Waals surface area contributed by atoms with Gasteiger partial charge in [-0.05, 0) is 18.9 Å². The molecular formula is C24H22ClF2N3O5. The van der Waals surface area contributed by atoms with Gasteiger partial charge in [-0.25, -0.2) is 8.78 Å². The molecule has 1 fully saturated rings. The maximum Gasteiger partial charge on any atom is 0.275 e. The van der Waals surface area contributed by atoms with Gasteiger partial charge in [0.25, 0.3) is 11.8 Å². The Kier molecular flexibility index (Phi) is 5.88. The molecule has 1 spiro atoms. The van der Waals surface area contributed by atoms with Crippen LogP contribution in [0, 0.1) is 11.6 Å². The number of nitrogens with one attached hydrogen (secondary N) is 1. The predicted molar refractivity (Wildman–Crippen MR) is 122 cm³/mol. The summed E-state index contributed by atoms with van der Waals surface area (Å²) in [6.07, 6.45) is 6.71. The van der Waals surface area contributed by atoms with Crippen LogP contribution in [-0.4, -0.2) is 53.7 Å². The van der Waals surface area contributed by atoms with Crippen molar-refractivity contribution in [3.05, 3.63) is 74.2 Å². The molecule has 0 aliphatic carbocycles. The lowest BCUT2D eigenvalue weighted by atomic mass is 9.83. The third kappa shape index (κ3) is 3.54. The van der Waals surface area contributed by atoms with E-state index in [0.717, 1.165) is 18.6 Å². The molecule has 11 heteroatoms. The molecule has 2 aromatic rings. The minimum atomic E-state index is -0.996. The van der Waals surface area contributed by atoms with E-state index in [1.54, 1.807) is 9.47 Å². The molecule has 1 saturated heterocycles. The van der Waals surface area contributed by atoms with E-state index < -0.39 is 33.5 Å².